The standard InChI is InChI=1S/C38H48N2O6/c1-38(2,3)46-36(43)24-21-31-16-13-30(14-17-31)15-18-32-19-22-33(23-20-32)39-25-27-40(28-26-39)34(41)10-6-4-5-7-11-35(42)45-37-12-8-9-29-44-37/h13-14,16-17,19-24,37H,4-12,25-29H2,1-3H3/b24-21+. The average Bonchev–Trinajstić information content (AvgIpc) is 3.05. The average molecular weight is 629 g/mol. The van der Waals surface area contributed by atoms with Gasteiger partial charge in [0.25, 0.3) is 0 Å². The van der Waals surface area contributed by atoms with Gasteiger partial charge in [-0.05, 0) is 94.5 Å². The molecule has 46 heavy (non-hydrogen) atoms. The predicted octanol–water partition coefficient (Wildman–Crippen LogP) is 6.50. The van der Waals surface area contributed by atoms with Crippen LogP contribution in [-0.2, 0) is 28.6 Å². The zero-order valence-electron chi connectivity index (χ0n) is 27.6. The number of anilines is 1. The Balaban J connectivity index is 1.11. The van der Waals surface area contributed by atoms with Crippen molar-refractivity contribution in [2.24, 2.45) is 0 Å². The number of piperazine rings is 1. The summed E-state index contributed by atoms with van der Waals surface area (Å²) in [4.78, 5) is 40.9. The molecule has 8 heteroatoms. The summed E-state index contributed by atoms with van der Waals surface area (Å²) in [5.74, 6) is 6.09. The number of ether oxygens (including phenoxy) is 3. The van der Waals surface area contributed by atoms with E-state index < -0.39 is 5.60 Å². The maximum atomic E-state index is 12.7. The molecule has 8 nitrogen and oxygen atoms in total. The third-order valence-corrected chi connectivity index (χ3v) is 7.87. The van der Waals surface area contributed by atoms with Crippen molar-refractivity contribution in [2.45, 2.75) is 90.4 Å². The minimum Gasteiger partial charge on any atom is -0.457 e. The Morgan fingerprint density at radius 1 is 0.848 bits per heavy atom. The Bertz CT molecular complexity index is 1370. The van der Waals surface area contributed by atoms with Crippen molar-refractivity contribution in [1.29, 1.82) is 0 Å². The lowest BCUT2D eigenvalue weighted by atomic mass is 10.1. The van der Waals surface area contributed by atoms with Gasteiger partial charge in [0.05, 0.1) is 6.61 Å². The summed E-state index contributed by atoms with van der Waals surface area (Å²) in [6.45, 7) is 9.25. The van der Waals surface area contributed by atoms with Gasteiger partial charge in [0.15, 0.2) is 0 Å². The van der Waals surface area contributed by atoms with E-state index in [2.05, 4.69) is 28.9 Å². The first-order valence-electron chi connectivity index (χ1n) is 16.6. The van der Waals surface area contributed by atoms with Crippen LogP contribution in [0, 0.1) is 11.8 Å². The Hall–Kier alpha value is -4.09. The van der Waals surface area contributed by atoms with Crippen molar-refractivity contribution >= 4 is 29.6 Å². The lowest BCUT2D eigenvalue weighted by Crippen LogP contribution is -2.48. The number of hydrogen-bond donors (Lipinski definition) is 0. The third kappa shape index (κ3) is 12.4. The molecule has 1 amide bonds. The lowest BCUT2D eigenvalue weighted by molar-refractivity contribution is -0.186. The van der Waals surface area contributed by atoms with E-state index in [1.165, 1.54) is 6.08 Å². The fraction of sp³-hybridized carbons (Fsp3) is 0.500. The fourth-order valence-corrected chi connectivity index (χ4v) is 5.36. The third-order valence-electron chi connectivity index (χ3n) is 7.87. The van der Waals surface area contributed by atoms with Crippen molar-refractivity contribution in [3.05, 3.63) is 71.3 Å². The molecule has 0 saturated carbocycles. The largest absolute Gasteiger partial charge is 0.457 e. The molecule has 0 N–H and O–H groups in total. The van der Waals surface area contributed by atoms with Crippen LogP contribution in [0.5, 0.6) is 0 Å². The highest BCUT2D eigenvalue weighted by atomic mass is 16.7. The molecule has 4 rings (SSSR count). The number of nitrogens with zero attached hydrogens (tertiary/aromatic N) is 2. The minimum atomic E-state index is -0.512. The van der Waals surface area contributed by atoms with Crippen molar-refractivity contribution in [2.75, 3.05) is 37.7 Å². The SMILES string of the molecule is CC(C)(C)OC(=O)/C=C/c1ccc(C#Cc2ccc(N3CCN(C(=O)CCCCCCC(=O)OC4CCCCO4)CC3)cc2)cc1. The van der Waals surface area contributed by atoms with E-state index in [0.717, 1.165) is 93.5 Å². The van der Waals surface area contributed by atoms with Gasteiger partial charge in [0, 0.05) is 68.3 Å². The van der Waals surface area contributed by atoms with Crippen LogP contribution in [0.1, 0.15) is 95.2 Å². The molecule has 0 aromatic heterocycles. The van der Waals surface area contributed by atoms with Crippen LogP contribution in [-0.4, -0.2) is 67.4 Å². The van der Waals surface area contributed by atoms with Gasteiger partial charge < -0.3 is 24.0 Å². The zero-order valence-corrected chi connectivity index (χ0v) is 27.6. The predicted molar refractivity (Wildman–Crippen MR) is 180 cm³/mol. The van der Waals surface area contributed by atoms with Gasteiger partial charge >= 0.3 is 11.9 Å². The molecule has 0 radical (unpaired) electrons. The summed E-state index contributed by atoms with van der Waals surface area (Å²) in [7, 11) is 0. The van der Waals surface area contributed by atoms with Gasteiger partial charge in [0.2, 0.25) is 12.2 Å². The number of esters is 2. The Morgan fingerprint density at radius 2 is 1.48 bits per heavy atom. The van der Waals surface area contributed by atoms with Crippen LogP contribution in [0.15, 0.2) is 54.6 Å². The fourth-order valence-electron chi connectivity index (χ4n) is 5.36. The molecule has 1 unspecified atom stereocenters. The van der Waals surface area contributed by atoms with Crippen molar-refractivity contribution in [3.63, 3.8) is 0 Å². The number of carbonyl (C=O) groups is 3. The summed E-state index contributed by atoms with van der Waals surface area (Å²) >= 11 is 0. The molecule has 2 fully saturated rings. The second-order valence-electron chi connectivity index (χ2n) is 12.9. The van der Waals surface area contributed by atoms with Gasteiger partial charge in [-0.15, -0.1) is 0 Å². The van der Waals surface area contributed by atoms with Gasteiger partial charge in [-0.3, -0.25) is 9.59 Å². The van der Waals surface area contributed by atoms with Crippen LogP contribution in [0.3, 0.4) is 0 Å². The van der Waals surface area contributed by atoms with Gasteiger partial charge in [-0.1, -0.05) is 36.8 Å². The molecule has 2 aliphatic rings. The summed E-state index contributed by atoms with van der Waals surface area (Å²) in [5.41, 5.74) is 3.35. The molecular weight excluding hydrogens is 580 g/mol. The number of rotatable bonds is 11. The number of amides is 1. The number of unbranched alkanes of at least 4 members (excludes halogenated alkanes) is 3. The molecule has 2 aromatic carbocycles. The number of benzene rings is 2. The van der Waals surface area contributed by atoms with Gasteiger partial charge in [-0.2, -0.15) is 0 Å². The van der Waals surface area contributed by atoms with Gasteiger partial charge in [-0.25, -0.2) is 4.79 Å². The van der Waals surface area contributed by atoms with E-state index in [1.54, 1.807) is 6.08 Å². The highest BCUT2D eigenvalue weighted by Crippen LogP contribution is 2.19. The summed E-state index contributed by atoms with van der Waals surface area (Å²) in [6.07, 6.45) is 10.1. The highest BCUT2D eigenvalue weighted by molar-refractivity contribution is 5.87. The first-order chi connectivity index (χ1) is 22.1. The highest BCUT2D eigenvalue weighted by Gasteiger charge is 2.21. The number of carbonyl (C=O) groups excluding carboxylic acids is 3. The summed E-state index contributed by atoms with van der Waals surface area (Å²) in [6, 6.07) is 16.0. The van der Waals surface area contributed by atoms with Crippen LogP contribution in [0.4, 0.5) is 5.69 Å². The molecule has 0 spiro atoms. The first-order valence-corrected chi connectivity index (χ1v) is 16.6. The van der Waals surface area contributed by atoms with Gasteiger partial charge in [0.1, 0.15) is 5.60 Å². The van der Waals surface area contributed by atoms with Crippen LogP contribution < -0.4 is 4.90 Å². The first kappa shape index (κ1) is 34.8. The quantitative estimate of drug-likeness (QED) is 0.122. The van der Waals surface area contributed by atoms with Crippen LogP contribution in [0.2, 0.25) is 0 Å². The smallest absolute Gasteiger partial charge is 0.331 e. The Morgan fingerprint density at radius 3 is 2.09 bits per heavy atom. The minimum absolute atomic E-state index is 0.183. The molecular formula is C38H48N2O6. The molecule has 246 valence electrons. The normalized spacial score (nSPS) is 16.9. The molecule has 0 bridgehead atoms. The Kier molecular flexibility index (Phi) is 13.3. The van der Waals surface area contributed by atoms with E-state index in [-0.39, 0.29) is 24.1 Å². The maximum absolute atomic E-state index is 12.7. The molecule has 1 atom stereocenters. The second-order valence-corrected chi connectivity index (χ2v) is 12.9. The van der Waals surface area contributed by atoms with Crippen molar-refractivity contribution in [3.8, 4) is 11.8 Å². The van der Waals surface area contributed by atoms with E-state index in [0.29, 0.717) is 19.4 Å². The zero-order chi connectivity index (χ0) is 32.8. The van der Waals surface area contributed by atoms with E-state index in [4.69, 9.17) is 14.2 Å². The van der Waals surface area contributed by atoms with E-state index in [9.17, 15) is 14.4 Å². The van der Waals surface area contributed by atoms with Crippen molar-refractivity contribution < 1.29 is 28.6 Å². The second kappa shape index (κ2) is 17.6. The molecule has 2 aliphatic heterocycles. The maximum Gasteiger partial charge on any atom is 0.331 e. The topological polar surface area (TPSA) is 85.4 Å². The van der Waals surface area contributed by atoms with E-state index in [1.807, 2.05) is 62.1 Å². The summed E-state index contributed by atoms with van der Waals surface area (Å²) in [5, 5.41) is 0. The number of hydrogen-bond acceptors (Lipinski definition) is 7. The molecule has 2 saturated heterocycles. The van der Waals surface area contributed by atoms with Crippen LogP contribution in [0.25, 0.3) is 6.08 Å². The molecule has 2 aromatic rings. The monoisotopic (exact) mass is 628 g/mol. The lowest BCUT2D eigenvalue weighted by Gasteiger charge is -2.36. The van der Waals surface area contributed by atoms with Crippen molar-refractivity contribution in [1.82, 2.24) is 4.90 Å². The molecule has 2 heterocycles. The Labute approximate surface area is 274 Å². The van der Waals surface area contributed by atoms with Crippen LogP contribution >= 0.6 is 0 Å². The summed E-state index contributed by atoms with van der Waals surface area (Å²) < 4.78 is 16.1. The van der Waals surface area contributed by atoms with E-state index >= 15 is 0 Å². The molecule has 0 aliphatic carbocycles.